The van der Waals surface area contributed by atoms with Crippen LogP contribution in [0.5, 0.6) is 0 Å². The van der Waals surface area contributed by atoms with Gasteiger partial charge in [0, 0.05) is 5.57 Å². The van der Waals surface area contributed by atoms with Crippen molar-refractivity contribution in [3.63, 3.8) is 0 Å². The van der Waals surface area contributed by atoms with Gasteiger partial charge >= 0.3 is 0 Å². The molecule has 0 aliphatic carbocycles. The lowest BCUT2D eigenvalue weighted by atomic mass is 9.96. The molecule has 0 aromatic rings. The molecule has 0 amide bonds. The van der Waals surface area contributed by atoms with Crippen molar-refractivity contribution in [2.24, 2.45) is 5.92 Å². The Balaban J connectivity index is 0. The van der Waals surface area contributed by atoms with Crippen LogP contribution in [0.15, 0.2) is 35.5 Å². The van der Waals surface area contributed by atoms with E-state index < -0.39 is 6.10 Å². The first-order chi connectivity index (χ1) is 9.87. The molecule has 1 unspecified atom stereocenters. The van der Waals surface area contributed by atoms with E-state index in [-0.39, 0.29) is 0 Å². The smallest absolute Gasteiger partial charge is 0.114 e. The van der Waals surface area contributed by atoms with Crippen LogP contribution in [0.2, 0.25) is 0 Å². The number of hydrogen-bond acceptors (Lipinski definition) is 1. The Bertz CT molecular complexity index is 433. The van der Waals surface area contributed by atoms with Gasteiger partial charge in [-0.05, 0) is 38.7 Å². The fourth-order valence-electron chi connectivity index (χ4n) is 1.68. The normalized spacial score (nSPS) is 12.8. The molecule has 0 fully saturated rings. The molecular weight excluding hydrogens is 256 g/mol. The second kappa shape index (κ2) is 13.3. The Morgan fingerprint density at radius 2 is 1.76 bits per heavy atom. The molecule has 1 heteroatoms. The van der Waals surface area contributed by atoms with E-state index in [1.165, 1.54) is 0 Å². The molecule has 0 rings (SSSR count). The summed E-state index contributed by atoms with van der Waals surface area (Å²) in [5, 5.41) is 9.05. The molecule has 0 heterocycles. The van der Waals surface area contributed by atoms with Crippen molar-refractivity contribution in [1.82, 2.24) is 0 Å². The van der Waals surface area contributed by atoms with E-state index in [4.69, 9.17) is 18.0 Å². The molecule has 1 atom stereocenters. The molecule has 0 aliphatic heterocycles. The van der Waals surface area contributed by atoms with Gasteiger partial charge in [0.2, 0.25) is 0 Å². The maximum atomic E-state index is 9.05. The third-order valence-corrected chi connectivity index (χ3v) is 3.44. The van der Waals surface area contributed by atoms with Crippen LogP contribution in [-0.2, 0) is 0 Å². The van der Waals surface area contributed by atoms with Crippen LogP contribution in [0, 0.1) is 30.6 Å². The molecule has 0 aromatic carbocycles. The first-order valence-electron chi connectivity index (χ1n) is 7.47. The van der Waals surface area contributed by atoms with Crippen LogP contribution in [0.1, 0.15) is 53.9 Å². The molecule has 0 spiro atoms. The lowest BCUT2D eigenvalue weighted by molar-refractivity contribution is 0.192. The third kappa shape index (κ3) is 10.7. The van der Waals surface area contributed by atoms with E-state index in [0.29, 0.717) is 5.92 Å². The van der Waals surface area contributed by atoms with Gasteiger partial charge in [-0.25, -0.2) is 0 Å². The van der Waals surface area contributed by atoms with Crippen LogP contribution in [0.3, 0.4) is 0 Å². The van der Waals surface area contributed by atoms with Crippen LogP contribution in [0.25, 0.3) is 0 Å². The highest BCUT2D eigenvalue weighted by Crippen LogP contribution is 2.14. The van der Waals surface area contributed by atoms with Crippen molar-refractivity contribution in [2.75, 3.05) is 0 Å². The summed E-state index contributed by atoms with van der Waals surface area (Å²) in [5.41, 5.74) is 3.03. The predicted octanol–water partition coefficient (Wildman–Crippen LogP) is 4.90. The SMILES string of the molecule is C#CC(/C=C\C)=C(\C)C(=C)C.C#CC(O)CC(CC)CC. The van der Waals surface area contributed by atoms with E-state index in [1.807, 2.05) is 32.9 Å². The third-order valence-electron chi connectivity index (χ3n) is 3.44. The Morgan fingerprint density at radius 1 is 1.24 bits per heavy atom. The summed E-state index contributed by atoms with van der Waals surface area (Å²) in [5.74, 6) is 5.52. The summed E-state index contributed by atoms with van der Waals surface area (Å²) < 4.78 is 0. The highest BCUT2D eigenvalue weighted by molar-refractivity contribution is 5.46. The highest BCUT2D eigenvalue weighted by Gasteiger charge is 2.07. The Hall–Kier alpha value is -1.70. The molecule has 0 aliphatic rings. The summed E-state index contributed by atoms with van der Waals surface area (Å²) >= 11 is 0. The molecule has 21 heavy (non-hydrogen) atoms. The monoisotopic (exact) mass is 286 g/mol. The minimum Gasteiger partial charge on any atom is -0.380 e. The molecule has 0 radical (unpaired) electrons. The summed E-state index contributed by atoms with van der Waals surface area (Å²) in [7, 11) is 0. The van der Waals surface area contributed by atoms with Gasteiger partial charge < -0.3 is 5.11 Å². The number of aliphatic hydroxyl groups excluding tert-OH is 1. The van der Waals surface area contributed by atoms with Gasteiger partial charge in [0.25, 0.3) is 0 Å². The van der Waals surface area contributed by atoms with Gasteiger partial charge in [-0.1, -0.05) is 62.8 Å². The van der Waals surface area contributed by atoms with Crippen LogP contribution in [0.4, 0.5) is 0 Å². The molecule has 1 N–H and O–H groups in total. The minimum atomic E-state index is -0.537. The second-order valence-electron chi connectivity index (χ2n) is 5.06. The highest BCUT2D eigenvalue weighted by atomic mass is 16.3. The maximum Gasteiger partial charge on any atom is 0.114 e. The van der Waals surface area contributed by atoms with Gasteiger partial charge in [-0.15, -0.1) is 12.8 Å². The molecule has 0 aromatic heterocycles. The molecule has 1 nitrogen and oxygen atoms in total. The Morgan fingerprint density at radius 3 is 2.05 bits per heavy atom. The predicted molar refractivity (Wildman–Crippen MR) is 94.7 cm³/mol. The zero-order chi connectivity index (χ0) is 16.8. The zero-order valence-corrected chi connectivity index (χ0v) is 14.2. The number of aliphatic hydroxyl groups is 1. The maximum absolute atomic E-state index is 9.05. The van der Waals surface area contributed by atoms with Gasteiger partial charge in [0.15, 0.2) is 0 Å². The van der Waals surface area contributed by atoms with E-state index >= 15 is 0 Å². The molecule has 0 bridgehead atoms. The molecule has 0 saturated heterocycles. The van der Waals surface area contributed by atoms with Crippen molar-refractivity contribution >= 4 is 0 Å². The molecule has 0 saturated carbocycles. The van der Waals surface area contributed by atoms with Gasteiger partial charge in [-0.3, -0.25) is 0 Å². The van der Waals surface area contributed by atoms with Gasteiger partial charge in [-0.2, -0.15) is 0 Å². The topological polar surface area (TPSA) is 20.2 Å². The lowest BCUT2D eigenvalue weighted by Crippen LogP contribution is -2.09. The average Bonchev–Trinajstić information content (AvgIpc) is 2.49. The first-order valence-corrected chi connectivity index (χ1v) is 7.47. The van der Waals surface area contributed by atoms with Crippen LogP contribution in [-0.4, -0.2) is 11.2 Å². The molecule has 116 valence electrons. The van der Waals surface area contributed by atoms with Crippen molar-refractivity contribution in [2.45, 2.75) is 60.0 Å². The first kappa shape index (κ1) is 21.6. The van der Waals surface area contributed by atoms with Gasteiger partial charge in [0.05, 0.1) is 0 Å². The number of rotatable bonds is 6. The average molecular weight is 286 g/mol. The second-order valence-corrected chi connectivity index (χ2v) is 5.06. The Kier molecular flexibility index (Phi) is 13.7. The molecular formula is C20H30O. The van der Waals surface area contributed by atoms with Gasteiger partial charge in [0.1, 0.15) is 6.10 Å². The van der Waals surface area contributed by atoms with E-state index in [1.54, 1.807) is 0 Å². The quantitative estimate of drug-likeness (QED) is 0.544. The van der Waals surface area contributed by atoms with Crippen molar-refractivity contribution in [3.8, 4) is 24.7 Å². The zero-order valence-electron chi connectivity index (χ0n) is 14.2. The largest absolute Gasteiger partial charge is 0.380 e. The fourth-order valence-corrected chi connectivity index (χ4v) is 1.68. The standard InChI is InChI=1S/C11H14.C9H16O/c1-6-8-11(7-2)10(5)9(3)4;1-4-8(5-2)7-9(10)6-3/h2,6,8H,3H2,1,4-5H3;3,8-10H,4-5,7H2,1-2H3/b8-6-,11-10-;. The fraction of sp³-hybridized carbons (Fsp3) is 0.500. The van der Waals surface area contributed by atoms with Crippen LogP contribution >= 0.6 is 0 Å². The summed E-state index contributed by atoms with van der Waals surface area (Å²) in [4.78, 5) is 0. The van der Waals surface area contributed by atoms with Crippen molar-refractivity contribution in [3.05, 3.63) is 35.5 Å². The number of hydrogen-bond donors (Lipinski definition) is 1. The summed E-state index contributed by atoms with van der Waals surface area (Å²) in [6.45, 7) is 13.9. The van der Waals surface area contributed by atoms with E-state index in [2.05, 4.69) is 32.3 Å². The van der Waals surface area contributed by atoms with E-state index in [0.717, 1.165) is 36.0 Å². The van der Waals surface area contributed by atoms with E-state index in [9.17, 15) is 0 Å². The van der Waals surface area contributed by atoms with Crippen LogP contribution < -0.4 is 0 Å². The van der Waals surface area contributed by atoms with Crippen molar-refractivity contribution in [1.29, 1.82) is 0 Å². The van der Waals surface area contributed by atoms with Crippen molar-refractivity contribution < 1.29 is 5.11 Å². The number of terminal acetylenes is 2. The number of allylic oxidation sites excluding steroid dienone is 5. The minimum absolute atomic E-state index is 0.537. The Labute approximate surface area is 131 Å². The summed E-state index contributed by atoms with van der Waals surface area (Å²) in [6, 6.07) is 0. The lowest BCUT2D eigenvalue weighted by Gasteiger charge is -2.12. The summed E-state index contributed by atoms with van der Waals surface area (Å²) in [6.07, 6.45) is 16.6.